The van der Waals surface area contributed by atoms with E-state index in [9.17, 15) is 0 Å². The minimum absolute atomic E-state index is 0.0261. The Labute approximate surface area is 118 Å². The third-order valence-electron chi connectivity index (χ3n) is 2.64. The molecule has 0 bridgehead atoms. The van der Waals surface area contributed by atoms with Crippen LogP contribution in [0, 0.1) is 12.3 Å². The molecule has 0 aliphatic heterocycles. The maximum Gasteiger partial charge on any atom is 0.123 e. The first-order valence-electron chi connectivity index (χ1n) is 5.72. The summed E-state index contributed by atoms with van der Waals surface area (Å²) in [6.45, 7) is 8.62. The molecule has 0 heterocycles. The van der Waals surface area contributed by atoms with Crippen LogP contribution in [0.25, 0.3) is 0 Å². The Balaban J connectivity index is 3.08. The molecular formula is C14H20BrClO. The molecule has 1 unspecified atom stereocenters. The van der Waals surface area contributed by atoms with Crippen LogP contribution in [0.2, 0.25) is 0 Å². The van der Waals surface area contributed by atoms with Crippen LogP contribution in [0.15, 0.2) is 16.6 Å². The maximum atomic E-state index is 6.50. The Morgan fingerprint density at radius 3 is 2.41 bits per heavy atom. The van der Waals surface area contributed by atoms with E-state index in [2.05, 4.69) is 42.8 Å². The van der Waals surface area contributed by atoms with Crippen LogP contribution < -0.4 is 4.74 Å². The molecule has 1 nitrogen and oxygen atoms in total. The molecule has 0 spiro atoms. The van der Waals surface area contributed by atoms with Crippen molar-refractivity contribution in [2.75, 3.05) is 7.11 Å². The average Bonchev–Trinajstić information content (AvgIpc) is 2.18. The fourth-order valence-electron chi connectivity index (χ4n) is 1.74. The van der Waals surface area contributed by atoms with E-state index < -0.39 is 0 Å². The van der Waals surface area contributed by atoms with Gasteiger partial charge in [-0.25, -0.2) is 0 Å². The molecule has 0 radical (unpaired) electrons. The minimum Gasteiger partial charge on any atom is -0.496 e. The van der Waals surface area contributed by atoms with E-state index in [4.69, 9.17) is 16.3 Å². The van der Waals surface area contributed by atoms with Gasteiger partial charge in [-0.15, -0.1) is 11.6 Å². The van der Waals surface area contributed by atoms with Crippen molar-refractivity contribution in [3.63, 3.8) is 0 Å². The highest BCUT2D eigenvalue weighted by Gasteiger charge is 2.21. The zero-order chi connectivity index (χ0) is 13.2. The van der Waals surface area contributed by atoms with Gasteiger partial charge in [-0.3, -0.25) is 0 Å². The molecule has 0 aromatic heterocycles. The topological polar surface area (TPSA) is 9.23 Å². The van der Waals surface area contributed by atoms with Crippen LogP contribution in [0.3, 0.4) is 0 Å². The normalized spacial score (nSPS) is 13.6. The van der Waals surface area contributed by atoms with Crippen LogP contribution in [-0.4, -0.2) is 7.11 Å². The summed E-state index contributed by atoms with van der Waals surface area (Å²) in [6.07, 6.45) is 0.917. The van der Waals surface area contributed by atoms with E-state index in [1.807, 2.05) is 13.0 Å². The zero-order valence-corrected chi connectivity index (χ0v) is 13.4. The molecule has 0 N–H and O–H groups in total. The molecule has 17 heavy (non-hydrogen) atoms. The van der Waals surface area contributed by atoms with E-state index in [0.29, 0.717) is 0 Å². The van der Waals surface area contributed by atoms with Gasteiger partial charge in [0.25, 0.3) is 0 Å². The molecule has 96 valence electrons. The van der Waals surface area contributed by atoms with E-state index in [1.165, 1.54) is 0 Å². The summed E-state index contributed by atoms with van der Waals surface area (Å²) in [4.78, 5) is 0. The first kappa shape index (κ1) is 14.8. The number of rotatable bonds is 3. The van der Waals surface area contributed by atoms with Crippen molar-refractivity contribution in [3.05, 3.63) is 27.7 Å². The fourth-order valence-corrected chi connectivity index (χ4v) is 2.73. The van der Waals surface area contributed by atoms with Gasteiger partial charge in [0.15, 0.2) is 0 Å². The second-order valence-corrected chi connectivity index (χ2v) is 6.96. The van der Waals surface area contributed by atoms with Gasteiger partial charge in [0.2, 0.25) is 0 Å². The number of hydrogen-bond donors (Lipinski definition) is 0. The Hall–Kier alpha value is -0.210. The van der Waals surface area contributed by atoms with Crippen molar-refractivity contribution in [3.8, 4) is 5.75 Å². The lowest BCUT2D eigenvalue weighted by molar-refractivity contribution is 0.363. The second-order valence-electron chi connectivity index (χ2n) is 5.58. The molecule has 0 aliphatic rings. The summed E-state index contributed by atoms with van der Waals surface area (Å²) in [5.41, 5.74) is 2.42. The number of aryl methyl sites for hydroxylation is 1. The second kappa shape index (κ2) is 5.62. The number of alkyl halides is 1. The molecule has 0 amide bonds. The lowest BCUT2D eigenvalue weighted by Crippen LogP contribution is -2.09. The smallest absolute Gasteiger partial charge is 0.123 e. The van der Waals surface area contributed by atoms with Crippen LogP contribution >= 0.6 is 27.5 Å². The van der Waals surface area contributed by atoms with Crippen molar-refractivity contribution in [2.24, 2.45) is 5.41 Å². The van der Waals surface area contributed by atoms with Gasteiger partial charge in [0.1, 0.15) is 5.75 Å². The van der Waals surface area contributed by atoms with E-state index >= 15 is 0 Å². The molecule has 0 fully saturated rings. The van der Waals surface area contributed by atoms with E-state index in [1.54, 1.807) is 7.11 Å². The van der Waals surface area contributed by atoms with Crippen molar-refractivity contribution < 1.29 is 4.74 Å². The van der Waals surface area contributed by atoms with Gasteiger partial charge >= 0.3 is 0 Å². The molecular weight excluding hydrogens is 300 g/mol. The van der Waals surface area contributed by atoms with Crippen LogP contribution in [-0.2, 0) is 0 Å². The maximum absolute atomic E-state index is 6.50. The van der Waals surface area contributed by atoms with Crippen molar-refractivity contribution in [1.82, 2.24) is 0 Å². The highest BCUT2D eigenvalue weighted by molar-refractivity contribution is 9.10. The predicted octanol–water partition coefficient (Wildman–Crippen LogP) is 5.48. The van der Waals surface area contributed by atoms with E-state index in [-0.39, 0.29) is 10.8 Å². The SMILES string of the molecule is COc1cc(C)c(Br)cc1C(Cl)CC(C)(C)C. The summed E-state index contributed by atoms with van der Waals surface area (Å²) >= 11 is 10.0. The third-order valence-corrected chi connectivity index (χ3v) is 3.88. The lowest BCUT2D eigenvalue weighted by Gasteiger charge is -2.23. The molecule has 0 saturated carbocycles. The minimum atomic E-state index is -0.0261. The largest absolute Gasteiger partial charge is 0.496 e. The Bertz CT molecular complexity index is 396. The Kier molecular flexibility index (Phi) is 4.91. The van der Waals surface area contributed by atoms with Gasteiger partial charge < -0.3 is 4.74 Å². The molecule has 0 saturated heterocycles. The van der Waals surface area contributed by atoms with Gasteiger partial charge in [-0.1, -0.05) is 36.7 Å². The van der Waals surface area contributed by atoms with Crippen molar-refractivity contribution >= 4 is 27.5 Å². The van der Waals surface area contributed by atoms with Crippen molar-refractivity contribution in [2.45, 2.75) is 39.5 Å². The number of methoxy groups -OCH3 is 1. The van der Waals surface area contributed by atoms with Crippen LogP contribution in [0.4, 0.5) is 0 Å². The molecule has 0 aliphatic carbocycles. The standard InChI is InChI=1S/C14H20BrClO/c1-9-6-13(17-5)10(7-11(9)15)12(16)8-14(2,3)4/h6-7,12H,8H2,1-5H3. The van der Waals surface area contributed by atoms with E-state index in [0.717, 1.165) is 27.8 Å². The number of benzene rings is 1. The quantitative estimate of drug-likeness (QED) is 0.670. The summed E-state index contributed by atoms with van der Waals surface area (Å²) in [5.74, 6) is 0.870. The molecule has 1 atom stereocenters. The number of halogens is 2. The summed E-state index contributed by atoms with van der Waals surface area (Å²) in [6, 6.07) is 4.09. The summed E-state index contributed by atoms with van der Waals surface area (Å²) in [7, 11) is 1.69. The van der Waals surface area contributed by atoms with Gasteiger partial charge in [0.05, 0.1) is 12.5 Å². The Morgan fingerprint density at radius 1 is 1.35 bits per heavy atom. The third kappa shape index (κ3) is 4.18. The Morgan fingerprint density at radius 2 is 1.94 bits per heavy atom. The summed E-state index contributed by atoms with van der Waals surface area (Å²) < 4.78 is 6.49. The van der Waals surface area contributed by atoms with Gasteiger partial charge in [-0.2, -0.15) is 0 Å². The molecule has 3 heteroatoms. The molecule has 1 aromatic rings. The number of ether oxygens (including phenoxy) is 1. The summed E-state index contributed by atoms with van der Waals surface area (Å²) in [5, 5.41) is -0.0261. The molecule has 1 rings (SSSR count). The molecule has 1 aromatic carbocycles. The van der Waals surface area contributed by atoms with Crippen LogP contribution in [0.5, 0.6) is 5.75 Å². The highest BCUT2D eigenvalue weighted by atomic mass is 79.9. The first-order valence-corrected chi connectivity index (χ1v) is 6.95. The zero-order valence-electron chi connectivity index (χ0n) is 11.1. The predicted molar refractivity (Wildman–Crippen MR) is 78.1 cm³/mol. The highest BCUT2D eigenvalue weighted by Crippen LogP contribution is 2.40. The first-order chi connectivity index (χ1) is 7.74. The monoisotopic (exact) mass is 318 g/mol. The fraction of sp³-hybridized carbons (Fsp3) is 0.571. The van der Waals surface area contributed by atoms with Gasteiger partial charge in [0, 0.05) is 10.0 Å². The average molecular weight is 320 g/mol. The van der Waals surface area contributed by atoms with Gasteiger partial charge in [-0.05, 0) is 36.5 Å². The van der Waals surface area contributed by atoms with Crippen molar-refractivity contribution in [1.29, 1.82) is 0 Å². The lowest BCUT2D eigenvalue weighted by atomic mass is 9.88. The van der Waals surface area contributed by atoms with Crippen LogP contribution in [0.1, 0.15) is 43.7 Å². The number of hydrogen-bond acceptors (Lipinski definition) is 1.